The van der Waals surface area contributed by atoms with E-state index in [4.69, 9.17) is 0 Å². The molecule has 0 atom stereocenters. The molecule has 0 radical (unpaired) electrons. The van der Waals surface area contributed by atoms with Gasteiger partial charge < -0.3 is 0 Å². The van der Waals surface area contributed by atoms with E-state index in [0.717, 1.165) is 12.0 Å². The molecule has 2 aromatic rings. The van der Waals surface area contributed by atoms with Crippen LogP contribution in [0.5, 0.6) is 0 Å². The smallest absolute Gasteiger partial charge is 0.0994 e. The highest BCUT2D eigenvalue weighted by Crippen LogP contribution is 2.29. The quantitative estimate of drug-likeness (QED) is 0.510. The Hall–Kier alpha value is -1.59. The first-order valence-corrected chi connectivity index (χ1v) is 9.16. The Balaban J connectivity index is 2.01. The number of rotatable bonds is 8. The molecule has 0 amide bonds. The molecule has 1 nitrogen and oxygen atoms in total. The topological polar surface area (TPSA) is 23.8 Å². The summed E-state index contributed by atoms with van der Waals surface area (Å²) in [5, 5.41) is 9.31. The minimum absolute atomic E-state index is 0.839. The van der Waals surface area contributed by atoms with Crippen LogP contribution >= 0.6 is 11.3 Å². The van der Waals surface area contributed by atoms with Crippen molar-refractivity contribution in [1.82, 2.24) is 0 Å². The molecule has 0 saturated carbocycles. The van der Waals surface area contributed by atoms with Crippen LogP contribution < -0.4 is 0 Å². The van der Waals surface area contributed by atoms with E-state index in [-0.39, 0.29) is 0 Å². The van der Waals surface area contributed by atoms with Crippen LogP contribution in [0.2, 0.25) is 0 Å². The SMILES string of the molecule is CCCCCCCCc1cc(-c2ccc(C)s2)ccc1C#N. The first kappa shape index (κ1) is 16.8. The second-order valence-corrected chi connectivity index (χ2v) is 7.20. The lowest BCUT2D eigenvalue weighted by Gasteiger charge is -2.07. The fourth-order valence-corrected chi connectivity index (χ4v) is 3.61. The second-order valence-electron chi connectivity index (χ2n) is 5.91. The molecule has 116 valence electrons. The van der Waals surface area contributed by atoms with Gasteiger partial charge in [-0.15, -0.1) is 11.3 Å². The third-order valence-electron chi connectivity index (χ3n) is 4.05. The first-order chi connectivity index (χ1) is 10.7. The van der Waals surface area contributed by atoms with E-state index in [1.807, 2.05) is 17.4 Å². The van der Waals surface area contributed by atoms with Gasteiger partial charge in [-0.2, -0.15) is 5.26 Å². The van der Waals surface area contributed by atoms with Crippen molar-refractivity contribution in [3.63, 3.8) is 0 Å². The Morgan fingerprint density at radius 1 is 1.00 bits per heavy atom. The lowest BCUT2D eigenvalue weighted by atomic mass is 9.98. The zero-order valence-corrected chi connectivity index (χ0v) is 14.5. The molecular formula is C20H25NS. The number of nitriles is 1. The molecule has 0 bridgehead atoms. The Labute approximate surface area is 138 Å². The average Bonchev–Trinajstić information content (AvgIpc) is 2.97. The van der Waals surface area contributed by atoms with E-state index in [1.54, 1.807) is 0 Å². The lowest BCUT2D eigenvalue weighted by molar-refractivity contribution is 0.607. The molecule has 1 aromatic heterocycles. The standard InChI is InChI=1S/C20H25NS/c1-3-4-5-6-7-8-9-17-14-18(11-12-19(17)15-21)20-13-10-16(2)22-20/h10-14H,3-9H2,1-2H3. The van der Waals surface area contributed by atoms with E-state index in [9.17, 15) is 5.26 Å². The van der Waals surface area contributed by atoms with E-state index >= 15 is 0 Å². The van der Waals surface area contributed by atoms with Gasteiger partial charge in [0.1, 0.15) is 0 Å². The molecule has 0 N–H and O–H groups in total. The van der Waals surface area contributed by atoms with Crippen molar-refractivity contribution in [3.05, 3.63) is 46.3 Å². The third kappa shape index (κ3) is 4.71. The van der Waals surface area contributed by atoms with Crippen molar-refractivity contribution in [2.24, 2.45) is 0 Å². The highest BCUT2D eigenvalue weighted by atomic mass is 32.1. The monoisotopic (exact) mass is 311 g/mol. The lowest BCUT2D eigenvalue weighted by Crippen LogP contribution is -1.92. The highest BCUT2D eigenvalue weighted by molar-refractivity contribution is 7.15. The van der Waals surface area contributed by atoms with E-state index in [2.05, 4.69) is 44.2 Å². The van der Waals surface area contributed by atoms with Crippen molar-refractivity contribution in [2.45, 2.75) is 58.8 Å². The summed E-state index contributed by atoms with van der Waals surface area (Å²) >= 11 is 1.82. The molecule has 0 aliphatic carbocycles. The fraction of sp³-hybridized carbons (Fsp3) is 0.450. The predicted molar refractivity (Wildman–Crippen MR) is 96.3 cm³/mol. The molecule has 2 rings (SSSR count). The van der Waals surface area contributed by atoms with Gasteiger partial charge in [0.05, 0.1) is 11.6 Å². The Morgan fingerprint density at radius 3 is 2.45 bits per heavy atom. The molecule has 0 aliphatic heterocycles. The van der Waals surface area contributed by atoms with Gasteiger partial charge >= 0.3 is 0 Å². The summed E-state index contributed by atoms with van der Waals surface area (Å²) in [6.07, 6.45) is 8.78. The average molecular weight is 311 g/mol. The molecule has 0 unspecified atom stereocenters. The minimum Gasteiger partial charge on any atom is -0.192 e. The van der Waals surface area contributed by atoms with Crippen LogP contribution in [-0.2, 0) is 6.42 Å². The van der Waals surface area contributed by atoms with E-state index < -0.39 is 0 Å². The van der Waals surface area contributed by atoms with Gasteiger partial charge in [0.2, 0.25) is 0 Å². The van der Waals surface area contributed by atoms with Crippen LogP contribution in [0.15, 0.2) is 30.3 Å². The van der Waals surface area contributed by atoms with E-state index in [1.165, 1.54) is 59.4 Å². The highest BCUT2D eigenvalue weighted by Gasteiger charge is 2.07. The predicted octanol–water partition coefficient (Wildman–Crippen LogP) is 6.50. The van der Waals surface area contributed by atoms with Crippen molar-refractivity contribution in [2.75, 3.05) is 0 Å². The number of hydrogen-bond acceptors (Lipinski definition) is 2. The molecule has 2 heteroatoms. The fourth-order valence-electron chi connectivity index (χ4n) is 2.75. The van der Waals surface area contributed by atoms with Gasteiger partial charge in [0.15, 0.2) is 0 Å². The Bertz CT molecular complexity index is 633. The van der Waals surface area contributed by atoms with Crippen LogP contribution in [0, 0.1) is 18.3 Å². The first-order valence-electron chi connectivity index (χ1n) is 8.34. The molecular weight excluding hydrogens is 286 g/mol. The van der Waals surface area contributed by atoms with Crippen LogP contribution in [0.25, 0.3) is 10.4 Å². The second kappa shape index (κ2) is 8.76. The summed E-state index contributed by atoms with van der Waals surface area (Å²) in [7, 11) is 0. The van der Waals surface area contributed by atoms with Crippen LogP contribution in [-0.4, -0.2) is 0 Å². The molecule has 1 heterocycles. The summed E-state index contributed by atoms with van der Waals surface area (Å²) in [6, 6.07) is 13.0. The van der Waals surface area contributed by atoms with Gasteiger partial charge in [-0.3, -0.25) is 0 Å². The molecule has 0 saturated heterocycles. The maximum Gasteiger partial charge on any atom is 0.0994 e. The van der Waals surface area contributed by atoms with Crippen molar-refractivity contribution in [3.8, 4) is 16.5 Å². The van der Waals surface area contributed by atoms with Crippen LogP contribution in [0.1, 0.15) is 61.5 Å². The molecule has 0 fully saturated rings. The van der Waals surface area contributed by atoms with Gasteiger partial charge in [-0.05, 0) is 55.2 Å². The maximum atomic E-state index is 9.31. The molecule has 1 aromatic carbocycles. The van der Waals surface area contributed by atoms with Crippen molar-refractivity contribution < 1.29 is 0 Å². The zero-order valence-electron chi connectivity index (χ0n) is 13.7. The summed E-state index contributed by atoms with van der Waals surface area (Å²) in [6.45, 7) is 4.38. The molecule has 0 spiro atoms. The number of nitrogens with zero attached hydrogens (tertiary/aromatic N) is 1. The molecule has 22 heavy (non-hydrogen) atoms. The Morgan fingerprint density at radius 2 is 1.77 bits per heavy atom. The number of hydrogen-bond donors (Lipinski definition) is 0. The zero-order chi connectivity index (χ0) is 15.8. The number of unbranched alkanes of at least 4 members (excludes halogenated alkanes) is 5. The normalized spacial score (nSPS) is 10.6. The van der Waals surface area contributed by atoms with Gasteiger partial charge in [-0.25, -0.2) is 0 Å². The van der Waals surface area contributed by atoms with Gasteiger partial charge in [0.25, 0.3) is 0 Å². The van der Waals surface area contributed by atoms with Gasteiger partial charge in [0, 0.05) is 9.75 Å². The summed E-state index contributed by atoms with van der Waals surface area (Å²) in [4.78, 5) is 2.63. The van der Waals surface area contributed by atoms with Gasteiger partial charge in [-0.1, -0.05) is 45.1 Å². The largest absolute Gasteiger partial charge is 0.192 e. The van der Waals surface area contributed by atoms with E-state index in [0.29, 0.717) is 0 Å². The summed E-state index contributed by atoms with van der Waals surface area (Å²) in [5.74, 6) is 0. The van der Waals surface area contributed by atoms with Crippen LogP contribution in [0.3, 0.4) is 0 Å². The number of aryl methyl sites for hydroxylation is 2. The number of thiophene rings is 1. The summed E-state index contributed by atoms with van der Waals surface area (Å²) < 4.78 is 0. The van der Waals surface area contributed by atoms with Crippen molar-refractivity contribution >= 4 is 11.3 Å². The molecule has 0 aliphatic rings. The Kier molecular flexibility index (Phi) is 6.68. The minimum atomic E-state index is 0.839. The third-order valence-corrected chi connectivity index (χ3v) is 5.10. The maximum absolute atomic E-state index is 9.31. The number of benzene rings is 1. The summed E-state index contributed by atoms with van der Waals surface area (Å²) in [5.41, 5.74) is 3.30. The van der Waals surface area contributed by atoms with Crippen LogP contribution in [0.4, 0.5) is 0 Å². The van der Waals surface area contributed by atoms with Crippen molar-refractivity contribution in [1.29, 1.82) is 5.26 Å².